The number of hydrogen-bond acceptors (Lipinski definition) is 5. The third-order valence-electron chi connectivity index (χ3n) is 4.16. The minimum Gasteiger partial charge on any atom is -0.378 e. The lowest BCUT2D eigenvalue weighted by molar-refractivity contribution is -0.139. The second-order valence-corrected chi connectivity index (χ2v) is 7.93. The highest BCUT2D eigenvalue weighted by molar-refractivity contribution is 7.89. The van der Waals surface area contributed by atoms with Gasteiger partial charge in [-0.3, -0.25) is 4.79 Å². The summed E-state index contributed by atoms with van der Waals surface area (Å²) >= 11 is 5.69. The summed E-state index contributed by atoms with van der Waals surface area (Å²) in [5, 5.41) is 0.241. The molecule has 2 aliphatic rings. The minimum absolute atomic E-state index is 0.0141. The van der Waals surface area contributed by atoms with Gasteiger partial charge in [0.1, 0.15) is 10.0 Å². The van der Waals surface area contributed by atoms with Crippen LogP contribution < -0.4 is 0 Å². The molecule has 0 unspecified atom stereocenters. The van der Waals surface area contributed by atoms with E-state index in [0.29, 0.717) is 39.3 Å². The molecule has 0 aromatic carbocycles. The number of carbonyl (C=O) groups is 1. The molecule has 1 aromatic heterocycles. The summed E-state index contributed by atoms with van der Waals surface area (Å²) in [6, 6.07) is 2.88. The van der Waals surface area contributed by atoms with Crippen LogP contribution in [0.1, 0.15) is 6.42 Å². The Bertz CT molecular complexity index is 674. The summed E-state index contributed by atoms with van der Waals surface area (Å²) in [6.45, 7) is 2.77. The SMILES string of the molecule is O=C([C@H]1CCN(S(=O)(=O)c2ccc(Cl)nc2)C1)N1CCOCC1. The number of aromatic nitrogens is 1. The lowest BCUT2D eigenvalue weighted by atomic mass is 10.1. The first-order valence-electron chi connectivity index (χ1n) is 7.47. The average Bonchev–Trinajstić information content (AvgIpc) is 3.06. The number of sulfonamides is 1. The van der Waals surface area contributed by atoms with Crippen LogP contribution in [0, 0.1) is 5.92 Å². The lowest BCUT2D eigenvalue weighted by Gasteiger charge is -2.29. The Morgan fingerprint density at radius 1 is 1.26 bits per heavy atom. The van der Waals surface area contributed by atoms with Gasteiger partial charge >= 0.3 is 0 Å². The monoisotopic (exact) mass is 359 g/mol. The van der Waals surface area contributed by atoms with Gasteiger partial charge in [-0.15, -0.1) is 0 Å². The van der Waals surface area contributed by atoms with Crippen LogP contribution in [-0.2, 0) is 19.6 Å². The summed E-state index contributed by atoms with van der Waals surface area (Å²) in [7, 11) is -3.64. The quantitative estimate of drug-likeness (QED) is 0.738. The zero-order chi connectivity index (χ0) is 16.4. The molecule has 0 aliphatic carbocycles. The number of pyridine rings is 1. The molecule has 0 N–H and O–H groups in total. The predicted molar refractivity (Wildman–Crippen MR) is 83.5 cm³/mol. The van der Waals surface area contributed by atoms with E-state index in [1.165, 1.54) is 22.6 Å². The van der Waals surface area contributed by atoms with E-state index in [2.05, 4.69) is 4.98 Å². The zero-order valence-corrected chi connectivity index (χ0v) is 14.1. The maximum absolute atomic E-state index is 12.6. The first-order chi connectivity index (χ1) is 11.0. The molecule has 1 amide bonds. The van der Waals surface area contributed by atoms with E-state index in [0.717, 1.165) is 0 Å². The van der Waals surface area contributed by atoms with Crippen molar-refractivity contribution in [2.45, 2.75) is 11.3 Å². The van der Waals surface area contributed by atoms with E-state index >= 15 is 0 Å². The second-order valence-electron chi connectivity index (χ2n) is 5.60. The van der Waals surface area contributed by atoms with Crippen molar-refractivity contribution in [1.29, 1.82) is 0 Å². The number of halogens is 1. The molecular formula is C14H18ClN3O4S. The fourth-order valence-electron chi connectivity index (χ4n) is 2.85. The molecule has 1 aromatic rings. The van der Waals surface area contributed by atoms with Crippen LogP contribution in [0.25, 0.3) is 0 Å². The minimum atomic E-state index is -3.64. The van der Waals surface area contributed by atoms with E-state index in [1.54, 1.807) is 4.90 Å². The van der Waals surface area contributed by atoms with Crippen LogP contribution >= 0.6 is 11.6 Å². The number of nitrogens with zero attached hydrogens (tertiary/aromatic N) is 3. The number of morpholine rings is 1. The van der Waals surface area contributed by atoms with Gasteiger partial charge in [-0.25, -0.2) is 13.4 Å². The normalized spacial score (nSPS) is 23.2. The number of amides is 1. The highest BCUT2D eigenvalue weighted by Crippen LogP contribution is 2.26. The molecule has 1 atom stereocenters. The summed E-state index contributed by atoms with van der Waals surface area (Å²) in [5.41, 5.74) is 0. The van der Waals surface area contributed by atoms with Crippen molar-refractivity contribution in [3.8, 4) is 0 Å². The summed E-state index contributed by atoms with van der Waals surface area (Å²) in [5.74, 6) is -0.275. The maximum atomic E-state index is 12.6. The zero-order valence-electron chi connectivity index (χ0n) is 12.5. The fourth-order valence-corrected chi connectivity index (χ4v) is 4.41. The van der Waals surface area contributed by atoms with Crippen LogP contribution in [0.4, 0.5) is 0 Å². The van der Waals surface area contributed by atoms with E-state index in [1.807, 2.05) is 0 Å². The Morgan fingerprint density at radius 2 is 2.00 bits per heavy atom. The second kappa shape index (κ2) is 6.72. The standard InChI is InChI=1S/C14H18ClN3O4S/c15-13-2-1-12(9-16-13)23(20,21)18-4-3-11(10-18)14(19)17-5-7-22-8-6-17/h1-2,9,11H,3-8,10H2/t11-/m0/s1. The van der Waals surface area contributed by atoms with Gasteiger partial charge in [0.2, 0.25) is 15.9 Å². The molecule has 2 fully saturated rings. The molecule has 3 heterocycles. The van der Waals surface area contributed by atoms with Crippen molar-refractivity contribution in [2.75, 3.05) is 39.4 Å². The van der Waals surface area contributed by atoms with E-state index < -0.39 is 10.0 Å². The van der Waals surface area contributed by atoms with E-state index in [-0.39, 0.29) is 28.4 Å². The average molecular weight is 360 g/mol. The van der Waals surface area contributed by atoms with Gasteiger partial charge in [-0.1, -0.05) is 11.6 Å². The molecule has 0 radical (unpaired) electrons. The Morgan fingerprint density at radius 3 is 2.65 bits per heavy atom. The van der Waals surface area contributed by atoms with Crippen LogP contribution in [0.3, 0.4) is 0 Å². The van der Waals surface area contributed by atoms with Crippen molar-refractivity contribution in [3.05, 3.63) is 23.5 Å². The van der Waals surface area contributed by atoms with Gasteiger partial charge in [-0.05, 0) is 18.6 Å². The van der Waals surface area contributed by atoms with Gasteiger partial charge in [-0.2, -0.15) is 4.31 Å². The molecule has 0 bridgehead atoms. The van der Waals surface area contributed by atoms with Crippen molar-refractivity contribution in [1.82, 2.24) is 14.2 Å². The molecule has 23 heavy (non-hydrogen) atoms. The highest BCUT2D eigenvalue weighted by atomic mass is 35.5. The summed E-state index contributed by atoms with van der Waals surface area (Å²) < 4.78 is 31.8. The smallest absolute Gasteiger partial charge is 0.244 e. The molecule has 9 heteroatoms. The number of carbonyl (C=O) groups excluding carboxylic acids is 1. The molecule has 0 saturated carbocycles. The first kappa shape index (κ1) is 16.6. The highest BCUT2D eigenvalue weighted by Gasteiger charge is 2.37. The largest absolute Gasteiger partial charge is 0.378 e. The molecule has 7 nitrogen and oxygen atoms in total. The van der Waals surface area contributed by atoms with Crippen molar-refractivity contribution in [2.24, 2.45) is 5.92 Å². The topological polar surface area (TPSA) is 79.8 Å². The molecule has 2 aliphatic heterocycles. The number of hydrogen-bond donors (Lipinski definition) is 0. The van der Waals surface area contributed by atoms with Crippen LogP contribution in [0.5, 0.6) is 0 Å². The fraction of sp³-hybridized carbons (Fsp3) is 0.571. The number of rotatable bonds is 3. The number of ether oxygens (including phenoxy) is 1. The maximum Gasteiger partial charge on any atom is 0.244 e. The van der Waals surface area contributed by atoms with E-state index in [9.17, 15) is 13.2 Å². The predicted octanol–water partition coefficient (Wildman–Crippen LogP) is 0.604. The molecule has 126 valence electrons. The molecule has 3 rings (SSSR count). The van der Waals surface area contributed by atoms with Crippen LogP contribution in [0.15, 0.2) is 23.2 Å². The lowest BCUT2D eigenvalue weighted by Crippen LogP contribution is -2.44. The van der Waals surface area contributed by atoms with Crippen LogP contribution in [-0.4, -0.2) is 67.9 Å². The van der Waals surface area contributed by atoms with Crippen LogP contribution in [0.2, 0.25) is 5.15 Å². The Balaban J connectivity index is 1.69. The molecule has 2 saturated heterocycles. The third-order valence-corrected chi connectivity index (χ3v) is 6.23. The van der Waals surface area contributed by atoms with Crippen molar-refractivity contribution in [3.63, 3.8) is 0 Å². The van der Waals surface area contributed by atoms with Gasteiger partial charge in [0.15, 0.2) is 0 Å². The van der Waals surface area contributed by atoms with Gasteiger partial charge in [0.25, 0.3) is 0 Å². The molecular weight excluding hydrogens is 342 g/mol. The van der Waals surface area contributed by atoms with Gasteiger partial charge in [0, 0.05) is 32.4 Å². The van der Waals surface area contributed by atoms with Gasteiger partial charge in [0.05, 0.1) is 19.1 Å². The van der Waals surface area contributed by atoms with Crippen molar-refractivity contribution < 1.29 is 17.9 Å². The van der Waals surface area contributed by atoms with Crippen molar-refractivity contribution >= 4 is 27.5 Å². The molecule has 0 spiro atoms. The summed E-state index contributed by atoms with van der Waals surface area (Å²) in [4.78, 5) is 18.1. The van der Waals surface area contributed by atoms with E-state index in [4.69, 9.17) is 16.3 Å². The Hall–Kier alpha value is -1.22. The summed E-state index contributed by atoms with van der Waals surface area (Å²) in [6.07, 6.45) is 1.78. The Labute approximate surface area is 140 Å². The van der Waals surface area contributed by atoms with Gasteiger partial charge < -0.3 is 9.64 Å². The first-order valence-corrected chi connectivity index (χ1v) is 9.28. The third kappa shape index (κ3) is 3.50. The Kier molecular flexibility index (Phi) is 4.86.